The van der Waals surface area contributed by atoms with Gasteiger partial charge in [-0.05, 0) is 31.0 Å². The molecule has 1 aliphatic rings. The molecule has 1 N–H and O–H groups in total. The minimum atomic E-state index is -0.355. The van der Waals surface area contributed by atoms with Crippen molar-refractivity contribution in [1.29, 1.82) is 0 Å². The van der Waals surface area contributed by atoms with E-state index in [0.717, 1.165) is 24.2 Å². The number of aromatic nitrogens is 2. The van der Waals surface area contributed by atoms with E-state index < -0.39 is 0 Å². The molecule has 1 saturated heterocycles. The molecule has 0 radical (unpaired) electrons. The zero-order valence-corrected chi connectivity index (χ0v) is 17.6. The van der Waals surface area contributed by atoms with Crippen LogP contribution in [0.1, 0.15) is 18.4 Å². The number of ether oxygens (including phenoxy) is 2. The molecule has 4 rings (SSSR count). The molecule has 0 bridgehead atoms. The minimum Gasteiger partial charge on any atom is -0.496 e. The summed E-state index contributed by atoms with van der Waals surface area (Å²) in [4.78, 5) is 12.8. The normalized spacial score (nSPS) is 15.5. The van der Waals surface area contributed by atoms with Crippen molar-refractivity contribution in [3.8, 4) is 11.4 Å². The highest BCUT2D eigenvalue weighted by Crippen LogP contribution is 2.40. The monoisotopic (exact) mass is 425 g/mol. The van der Waals surface area contributed by atoms with Gasteiger partial charge in [0.05, 0.1) is 24.7 Å². The molecule has 6 nitrogen and oxygen atoms in total. The molecule has 30 heavy (non-hydrogen) atoms. The lowest BCUT2D eigenvalue weighted by molar-refractivity contribution is 0.0536. The Morgan fingerprint density at radius 3 is 2.57 bits per heavy atom. The second kappa shape index (κ2) is 8.90. The Labute approximate surface area is 180 Å². The largest absolute Gasteiger partial charge is 0.496 e. The van der Waals surface area contributed by atoms with Crippen LogP contribution in [0, 0.1) is 0 Å². The first-order valence-corrected chi connectivity index (χ1v) is 10.3. The Balaban J connectivity index is 1.63. The van der Waals surface area contributed by atoms with Crippen molar-refractivity contribution < 1.29 is 9.47 Å². The van der Waals surface area contributed by atoms with Crippen LogP contribution in [-0.2, 0) is 10.2 Å². The lowest BCUT2D eigenvalue weighted by Crippen LogP contribution is -2.40. The third-order valence-corrected chi connectivity index (χ3v) is 6.03. The van der Waals surface area contributed by atoms with Crippen molar-refractivity contribution in [2.75, 3.05) is 32.2 Å². The predicted octanol–water partition coefficient (Wildman–Crippen LogP) is 4.05. The van der Waals surface area contributed by atoms with Gasteiger partial charge in [-0.1, -0.05) is 48.0 Å². The number of halogens is 1. The number of rotatable bonds is 6. The van der Waals surface area contributed by atoms with Crippen molar-refractivity contribution in [2.24, 2.45) is 0 Å². The number of nitrogens with zero attached hydrogens (tertiary/aromatic N) is 2. The third-order valence-electron chi connectivity index (χ3n) is 5.67. The molecule has 0 unspecified atom stereocenters. The van der Waals surface area contributed by atoms with Crippen molar-refractivity contribution in [3.05, 3.63) is 81.7 Å². The lowest BCUT2D eigenvalue weighted by atomic mass is 9.73. The summed E-state index contributed by atoms with van der Waals surface area (Å²) in [5.41, 5.74) is 1.78. The molecular formula is C23H24ClN3O3. The molecule has 1 aromatic heterocycles. The molecule has 0 spiro atoms. The molecule has 0 atom stereocenters. The number of benzene rings is 2. The number of nitrogens with one attached hydrogen (secondary N) is 1. The molecule has 2 aromatic carbocycles. The van der Waals surface area contributed by atoms with Crippen LogP contribution in [0.3, 0.4) is 0 Å². The first kappa shape index (κ1) is 20.4. The van der Waals surface area contributed by atoms with E-state index in [2.05, 4.69) is 16.5 Å². The molecule has 0 aliphatic carbocycles. The number of hydrogen-bond donors (Lipinski definition) is 1. The Kier molecular flexibility index (Phi) is 6.06. The van der Waals surface area contributed by atoms with Gasteiger partial charge in [-0.15, -0.1) is 0 Å². The first-order valence-electron chi connectivity index (χ1n) is 9.93. The van der Waals surface area contributed by atoms with Crippen LogP contribution < -0.4 is 15.6 Å². The quantitative estimate of drug-likeness (QED) is 0.645. The number of hydrogen-bond acceptors (Lipinski definition) is 5. The molecule has 1 aliphatic heterocycles. The van der Waals surface area contributed by atoms with Gasteiger partial charge in [0.25, 0.3) is 5.56 Å². The summed E-state index contributed by atoms with van der Waals surface area (Å²) in [5.74, 6) is 0.852. The van der Waals surface area contributed by atoms with Crippen molar-refractivity contribution in [1.82, 2.24) is 9.78 Å². The van der Waals surface area contributed by atoms with E-state index >= 15 is 0 Å². The second-order valence-electron chi connectivity index (χ2n) is 7.37. The van der Waals surface area contributed by atoms with E-state index in [9.17, 15) is 4.79 Å². The molecule has 1 fully saturated rings. The van der Waals surface area contributed by atoms with Crippen LogP contribution in [0.25, 0.3) is 5.69 Å². The summed E-state index contributed by atoms with van der Waals surface area (Å²) in [6.07, 6.45) is 3.28. The maximum Gasteiger partial charge on any atom is 0.292 e. The number of para-hydroxylation sites is 2. The lowest BCUT2D eigenvalue weighted by Gasteiger charge is -2.39. The minimum absolute atomic E-state index is 0.121. The SMILES string of the molecule is COc1ccccc1C1(CNc2cnn(-c3ccccc3)c(=O)c2Cl)CCOCC1. The summed E-state index contributed by atoms with van der Waals surface area (Å²) in [6.45, 7) is 1.93. The van der Waals surface area contributed by atoms with Gasteiger partial charge in [0.1, 0.15) is 10.8 Å². The smallest absolute Gasteiger partial charge is 0.292 e. The molecule has 156 valence electrons. The average molecular weight is 426 g/mol. The van der Waals surface area contributed by atoms with Crippen LogP contribution in [0.5, 0.6) is 5.75 Å². The average Bonchev–Trinajstić information content (AvgIpc) is 2.81. The Morgan fingerprint density at radius 1 is 1.13 bits per heavy atom. The summed E-state index contributed by atoms with van der Waals surface area (Å²) >= 11 is 6.43. The zero-order chi connectivity index (χ0) is 21.0. The van der Waals surface area contributed by atoms with Crippen LogP contribution in [0.2, 0.25) is 5.02 Å². The standard InChI is InChI=1S/C23H24ClN3O3/c1-29-20-10-6-5-9-18(20)23(11-13-30-14-12-23)16-25-19-15-26-27(22(28)21(19)24)17-7-3-2-4-8-17/h2-10,15,25H,11-14,16H2,1H3. The van der Waals surface area contributed by atoms with Gasteiger partial charge in [-0.25, -0.2) is 0 Å². The van der Waals surface area contributed by atoms with Gasteiger partial charge in [-0.2, -0.15) is 9.78 Å². The fourth-order valence-electron chi connectivity index (χ4n) is 3.96. The van der Waals surface area contributed by atoms with E-state index in [1.165, 1.54) is 4.68 Å². The molecule has 0 amide bonds. The first-order chi connectivity index (χ1) is 14.6. The van der Waals surface area contributed by atoms with Gasteiger partial charge in [0, 0.05) is 30.7 Å². The van der Waals surface area contributed by atoms with Gasteiger partial charge in [0.2, 0.25) is 0 Å². The third kappa shape index (κ3) is 3.93. The van der Waals surface area contributed by atoms with E-state index in [1.54, 1.807) is 13.3 Å². The Bertz CT molecular complexity index is 1060. The number of methoxy groups -OCH3 is 1. The highest BCUT2D eigenvalue weighted by atomic mass is 35.5. The van der Waals surface area contributed by atoms with Gasteiger partial charge in [-0.3, -0.25) is 4.79 Å². The summed E-state index contributed by atoms with van der Waals surface area (Å²) in [5, 5.41) is 7.81. The van der Waals surface area contributed by atoms with Crippen molar-refractivity contribution in [3.63, 3.8) is 0 Å². The van der Waals surface area contributed by atoms with Crippen LogP contribution in [-0.4, -0.2) is 36.6 Å². The highest BCUT2D eigenvalue weighted by molar-refractivity contribution is 6.32. The van der Waals surface area contributed by atoms with E-state index in [1.807, 2.05) is 48.5 Å². The summed E-state index contributed by atoms with van der Waals surface area (Å²) in [6, 6.07) is 17.3. The van der Waals surface area contributed by atoms with Crippen LogP contribution in [0.15, 0.2) is 65.6 Å². The van der Waals surface area contributed by atoms with Gasteiger partial charge >= 0.3 is 0 Å². The van der Waals surface area contributed by atoms with Gasteiger partial charge in [0.15, 0.2) is 0 Å². The predicted molar refractivity (Wildman–Crippen MR) is 118 cm³/mol. The molecule has 3 aromatic rings. The number of anilines is 1. The second-order valence-corrected chi connectivity index (χ2v) is 7.75. The van der Waals surface area contributed by atoms with E-state index in [4.69, 9.17) is 21.1 Å². The summed E-state index contributed by atoms with van der Waals surface area (Å²) in [7, 11) is 1.68. The van der Waals surface area contributed by atoms with Gasteiger partial charge < -0.3 is 14.8 Å². The Hall–Kier alpha value is -2.83. The maximum atomic E-state index is 12.8. The fourth-order valence-corrected chi connectivity index (χ4v) is 4.16. The molecule has 7 heteroatoms. The highest BCUT2D eigenvalue weighted by Gasteiger charge is 2.36. The van der Waals surface area contributed by atoms with Crippen LogP contribution in [0.4, 0.5) is 5.69 Å². The van der Waals surface area contributed by atoms with Crippen molar-refractivity contribution in [2.45, 2.75) is 18.3 Å². The van der Waals surface area contributed by atoms with E-state index in [0.29, 0.717) is 31.1 Å². The summed E-state index contributed by atoms with van der Waals surface area (Å²) < 4.78 is 12.5. The topological polar surface area (TPSA) is 65.4 Å². The fraction of sp³-hybridized carbons (Fsp3) is 0.304. The Morgan fingerprint density at radius 2 is 1.83 bits per heavy atom. The van der Waals surface area contributed by atoms with Crippen molar-refractivity contribution >= 4 is 17.3 Å². The molecular weight excluding hydrogens is 402 g/mol. The van der Waals surface area contributed by atoms with E-state index in [-0.39, 0.29) is 16.0 Å². The molecule has 2 heterocycles. The zero-order valence-electron chi connectivity index (χ0n) is 16.8. The maximum absolute atomic E-state index is 12.8. The van der Waals surface area contributed by atoms with Crippen LogP contribution >= 0.6 is 11.6 Å². The molecule has 0 saturated carbocycles.